The summed E-state index contributed by atoms with van der Waals surface area (Å²) in [6.45, 7) is 2.07. The van der Waals surface area contributed by atoms with Crippen molar-refractivity contribution in [2.75, 3.05) is 7.05 Å². The summed E-state index contributed by atoms with van der Waals surface area (Å²) in [6, 6.07) is 17.4. The van der Waals surface area contributed by atoms with Crippen molar-refractivity contribution in [2.45, 2.75) is 25.7 Å². The van der Waals surface area contributed by atoms with Crippen molar-refractivity contribution < 1.29 is 9.59 Å². The molecular weight excluding hydrogens is 326 g/mol. The minimum absolute atomic E-state index is 0.0116. The number of nitriles is 1. The van der Waals surface area contributed by atoms with Crippen molar-refractivity contribution in [3.63, 3.8) is 0 Å². The molecule has 0 saturated heterocycles. The first kappa shape index (κ1) is 17.7. The van der Waals surface area contributed by atoms with E-state index in [0.29, 0.717) is 5.56 Å². The Balaban J connectivity index is 2.00. The van der Waals surface area contributed by atoms with Gasteiger partial charge in [-0.2, -0.15) is 5.26 Å². The topological polar surface area (TPSA) is 82.0 Å². The number of carbonyl (C=O) groups excluding carboxylic acids is 2. The van der Waals surface area contributed by atoms with E-state index in [2.05, 4.69) is 23.6 Å². The maximum atomic E-state index is 12.4. The van der Waals surface area contributed by atoms with Crippen molar-refractivity contribution in [3.05, 3.63) is 70.8 Å². The molecule has 0 fully saturated rings. The molecule has 1 aliphatic carbocycles. The molecule has 132 valence electrons. The molecule has 5 heteroatoms. The van der Waals surface area contributed by atoms with E-state index in [1.807, 2.05) is 48.5 Å². The smallest absolute Gasteiger partial charge is 0.321 e. The predicted octanol–water partition coefficient (Wildman–Crippen LogP) is 3.10. The van der Waals surface area contributed by atoms with Crippen LogP contribution in [0.25, 0.3) is 0 Å². The second kappa shape index (κ2) is 7.01. The second-order valence-electron chi connectivity index (χ2n) is 7.00. The van der Waals surface area contributed by atoms with Crippen molar-refractivity contribution in [2.24, 2.45) is 5.41 Å². The lowest BCUT2D eigenvalue weighted by Gasteiger charge is -2.32. The summed E-state index contributed by atoms with van der Waals surface area (Å²) in [5.74, 6) is -0.316. The van der Waals surface area contributed by atoms with E-state index in [4.69, 9.17) is 0 Å². The van der Waals surface area contributed by atoms with E-state index in [1.165, 1.54) is 7.05 Å². The highest BCUT2D eigenvalue weighted by Crippen LogP contribution is 2.52. The van der Waals surface area contributed by atoms with Gasteiger partial charge < -0.3 is 5.32 Å². The number of rotatable bonds is 3. The van der Waals surface area contributed by atoms with Crippen molar-refractivity contribution in [1.29, 1.82) is 5.26 Å². The molecule has 1 aliphatic rings. The number of fused-ring (bicyclic) bond motifs is 1. The monoisotopic (exact) mass is 347 g/mol. The van der Waals surface area contributed by atoms with E-state index < -0.39 is 6.03 Å². The van der Waals surface area contributed by atoms with Gasteiger partial charge in [-0.15, -0.1) is 0 Å². The summed E-state index contributed by atoms with van der Waals surface area (Å²) in [6.07, 6.45) is 0.936. The average molecular weight is 347 g/mol. The lowest BCUT2D eigenvalue weighted by molar-refractivity contribution is -0.122. The molecule has 0 unspecified atom stereocenters. The Morgan fingerprint density at radius 2 is 1.96 bits per heavy atom. The van der Waals surface area contributed by atoms with Gasteiger partial charge in [-0.1, -0.05) is 43.3 Å². The SMILES string of the molecule is CNC(=O)NC(=O)C[C@]1(C)Cc2ccc(C#N)cc2[C@@H]1c1ccccc1. The third kappa shape index (κ3) is 3.31. The molecule has 2 N–H and O–H groups in total. The van der Waals surface area contributed by atoms with Gasteiger partial charge in [0.05, 0.1) is 11.6 Å². The van der Waals surface area contributed by atoms with Crippen molar-refractivity contribution in [1.82, 2.24) is 10.6 Å². The number of amides is 3. The molecule has 0 heterocycles. The predicted molar refractivity (Wildman–Crippen MR) is 98.5 cm³/mol. The van der Waals surface area contributed by atoms with Crippen LogP contribution in [-0.4, -0.2) is 19.0 Å². The highest BCUT2D eigenvalue weighted by molar-refractivity contribution is 5.94. The van der Waals surface area contributed by atoms with Gasteiger partial charge >= 0.3 is 6.03 Å². The molecule has 0 aromatic heterocycles. The van der Waals surface area contributed by atoms with E-state index in [1.54, 1.807) is 0 Å². The van der Waals surface area contributed by atoms with Gasteiger partial charge in [-0.25, -0.2) is 4.79 Å². The molecule has 2 aromatic carbocycles. The quantitative estimate of drug-likeness (QED) is 0.895. The fraction of sp³-hybridized carbons (Fsp3) is 0.286. The maximum Gasteiger partial charge on any atom is 0.321 e. The first-order valence-electron chi connectivity index (χ1n) is 8.56. The summed E-state index contributed by atoms with van der Waals surface area (Å²) in [5, 5.41) is 14.0. The lowest BCUT2D eigenvalue weighted by atomic mass is 9.71. The van der Waals surface area contributed by atoms with Crippen molar-refractivity contribution in [3.8, 4) is 6.07 Å². The van der Waals surface area contributed by atoms with E-state index in [9.17, 15) is 14.9 Å². The summed E-state index contributed by atoms with van der Waals surface area (Å²) < 4.78 is 0. The number of hydrogen-bond acceptors (Lipinski definition) is 3. The molecule has 5 nitrogen and oxygen atoms in total. The summed E-state index contributed by atoms with van der Waals surface area (Å²) in [5.41, 5.74) is 3.58. The van der Waals surface area contributed by atoms with Gasteiger partial charge in [0, 0.05) is 19.4 Å². The van der Waals surface area contributed by atoms with Gasteiger partial charge in [0.2, 0.25) is 5.91 Å². The zero-order valence-electron chi connectivity index (χ0n) is 14.9. The third-order valence-electron chi connectivity index (χ3n) is 5.05. The fourth-order valence-corrected chi connectivity index (χ4v) is 4.00. The van der Waals surface area contributed by atoms with Gasteiger partial charge in [-0.05, 0) is 40.7 Å². The van der Waals surface area contributed by atoms with Gasteiger partial charge in [0.1, 0.15) is 0 Å². The minimum Gasteiger partial charge on any atom is -0.341 e. The fourth-order valence-electron chi connectivity index (χ4n) is 4.00. The highest BCUT2D eigenvalue weighted by Gasteiger charge is 2.44. The molecule has 0 spiro atoms. The Bertz CT molecular complexity index is 886. The third-order valence-corrected chi connectivity index (χ3v) is 5.05. The molecule has 0 radical (unpaired) electrons. The molecule has 26 heavy (non-hydrogen) atoms. The molecule has 0 aliphatic heterocycles. The standard InChI is InChI=1S/C21H21N3O2/c1-21(12-18(25)24-20(26)23-2)11-16-9-8-14(13-22)10-17(16)19(21)15-6-4-3-5-7-15/h3-10,19H,11-12H2,1-2H3,(H2,23,24,25,26)/t19-,21-/m0/s1. The number of imide groups is 1. The minimum atomic E-state index is -0.503. The largest absolute Gasteiger partial charge is 0.341 e. The zero-order valence-corrected chi connectivity index (χ0v) is 14.9. The van der Waals surface area contributed by atoms with Crippen LogP contribution in [0.3, 0.4) is 0 Å². The Hall–Kier alpha value is -3.13. The Kier molecular flexibility index (Phi) is 4.77. The summed E-state index contributed by atoms with van der Waals surface area (Å²) >= 11 is 0. The Morgan fingerprint density at radius 1 is 1.23 bits per heavy atom. The van der Waals surface area contributed by atoms with Crippen LogP contribution in [0, 0.1) is 16.7 Å². The molecular formula is C21H21N3O2. The van der Waals surface area contributed by atoms with E-state index in [0.717, 1.165) is 23.1 Å². The molecule has 2 aromatic rings. The number of hydrogen-bond donors (Lipinski definition) is 2. The summed E-state index contributed by atoms with van der Waals surface area (Å²) in [4.78, 5) is 23.9. The van der Waals surface area contributed by atoms with Crippen LogP contribution in [0.5, 0.6) is 0 Å². The number of urea groups is 1. The first-order chi connectivity index (χ1) is 12.5. The molecule has 0 saturated carbocycles. The van der Waals surface area contributed by atoms with Gasteiger partial charge in [0.25, 0.3) is 0 Å². The number of nitrogens with one attached hydrogen (secondary N) is 2. The summed E-state index contributed by atoms with van der Waals surface area (Å²) in [7, 11) is 1.48. The van der Waals surface area contributed by atoms with E-state index in [-0.39, 0.29) is 23.7 Å². The average Bonchev–Trinajstić information content (AvgIpc) is 2.92. The molecule has 2 atom stereocenters. The molecule has 3 amide bonds. The van der Waals surface area contributed by atoms with Crippen LogP contribution in [0.1, 0.15) is 41.5 Å². The lowest BCUT2D eigenvalue weighted by Crippen LogP contribution is -2.40. The zero-order chi connectivity index (χ0) is 18.7. The highest BCUT2D eigenvalue weighted by atomic mass is 16.2. The molecule has 3 rings (SSSR count). The number of benzene rings is 2. The first-order valence-corrected chi connectivity index (χ1v) is 8.56. The number of nitrogens with zero attached hydrogens (tertiary/aromatic N) is 1. The normalized spacial score (nSPS) is 20.7. The van der Waals surface area contributed by atoms with Gasteiger partial charge in [-0.3, -0.25) is 10.1 Å². The van der Waals surface area contributed by atoms with Crippen LogP contribution in [-0.2, 0) is 11.2 Å². The van der Waals surface area contributed by atoms with Gasteiger partial charge in [0.15, 0.2) is 0 Å². The van der Waals surface area contributed by atoms with Crippen LogP contribution < -0.4 is 10.6 Å². The Morgan fingerprint density at radius 3 is 2.62 bits per heavy atom. The Labute approximate surface area is 153 Å². The maximum absolute atomic E-state index is 12.4. The van der Waals surface area contributed by atoms with Crippen LogP contribution in [0.4, 0.5) is 4.79 Å². The van der Waals surface area contributed by atoms with E-state index >= 15 is 0 Å². The molecule has 0 bridgehead atoms. The number of carbonyl (C=O) groups is 2. The van der Waals surface area contributed by atoms with Crippen LogP contribution >= 0.6 is 0 Å². The van der Waals surface area contributed by atoms with Crippen LogP contribution in [0.2, 0.25) is 0 Å². The van der Waals surface area contributed by atoms with Crippen molar-refractivity contribution >= 4 is 11.9 Å². The second-order valence-corrected chi connectivity index (χ2v) is 7.00. The van der Waals surface area contributed by atoms with Crippen LogP contribution in [0.15, 0.2) is 48.5 Å².